The van der Waals surface area contributed by atoms with E-state index < -0.39 is 6.10 Å². The summed E-state index contributed by atoms with van der Waals surface area (Å²) in [7, 11) is 0. The minimum absolute atomic E-state index is 0.0709. The van der Waals surface area contributed by atoms with Gasteiger partial charge in [-0.25, -0.2) is 0 Å². The van der Waals surface area contributed by atoms with Crippen molar-refractivity contribution in [1.82, 2.24) is 0 Å². The zero-order valence-electron chi connectivity index (χ0n) is 47.8. The normalized spacial score (nSPS) is 12.2. The molecule has 6 heteroatoms. The lowest BCUT2D eigenvalue weighted by atomic mass is 10.0. The molecule has 0 rings (SSSR count). The number of unbranched alkanes of at least 4 members (excludes halogenated alkanes) is 41. The van der Waals surface area contributed by atoms with Gasteiger partial charge in [0.2, 0.25) is 0 Å². The maximum absolute atomic E-state index is 12.9. The Kier molecular flexibility index (Phi) is 58.2. The number of allylic oxidation sites excluding steroid dienone is 6. The van der Waals surface area contributed by atoms with Crippen molar-refractivity contribution in [2.24, 2.45) is 0 Å². The van der Waals surface area contributed by atoms with Crippen molar-refractivity contribution < 1.29 is 28.6 Å². The van der Waals surface area contributed by atoms with Gasteiger partial charge >= 0.3 is 17.9 Å². The van der Waals surface area contributed by atoms with E-state index in [1.807, 2.05) is 0 Å². The van der Waals surface area contributed by atoms with Gasteiger partial charge in [0, 0.05) is 19.3 Å². The molecule has 0 aromatic carbocycles. The fourth-order valence-electron chi connectivity index (χ4n) is 9.46. The molecule has 0 amide bonds. The molecule has 416 valence electrons. The average Bonchev–Trinajstić information content (AvgIpc) is 3.37. The van der Waals surface area contributed by atoms with Crippen molar-refractivity contribution in [3.05, 3.63) is 36.5 Å². The fourth-order valence-corrected chi connectivity index (χ4v) is 9.46. The lowest BCUT2D eigenvalue weighted by Gasteiger charge is -2.18. The van der Waals surface area contributed by atoms with Crippen LogP contribution in [-0.2, 0) is 28.6 Å². The first-order chi connectivity index (χ1) is 35.0. The van der Waals surface area contributed by atoms with Crippen LogP contribution in [0.2, 0.25) is 0 Å². The SMILES string of the molecule is CC/C=C\C/C=C\C/C=C\CCCCCCCCCC(=O)OC(COC(=O)CCCCCCCCCCCCCCC)COC(=O)CCCCCCCCCCCCCCCCCCCCCCCCC. The van der Waals surface area contributed by atoms with Crippen LogP contribution in [0.5, 0.6) is 0 Å². The standard InChI is InChI=1S/C65H120O6/c1-4-7-10-13-16-19-22-25-27-29-30-31-32-33-34-36-37-40-43-46-49-52-55-58-64(67)70-61-62(60-69-63(66)57-54-51-48-45-42-39-24-21-18-15-12-9-6-3)71-65(68)59-56-53-50-47-44-41-38-35-28-26-23-20-17-14-11-8-5-2/h8,11,17,20,26,28,62H,4-7,9-10,12-16,18-19,21-25,27,29-61H2,1-3H3/b11-8-,20-17-,28-26-. The molecule has 0 N–H and O–H groups in total. The molecule has 0 saturated carbocycles. The maximum atomic E-state index is 12.9. The van der Waals surface area contributed by atoms with Gasteiger partial charge in [-0.2, -0.15) is 0 Å². The van der Waals surface area contributed by atoms with E-state index in [0.29, 0.717) is 19.3 Å². The number of rotatable bonds is 58. The molecule has 0 saturated heterocycles. The summed E-state index contributed by atoms with van der Waals surface area (Å²) in [6.45, 7) is 6.58. The molecular formula is C65H120O6. The molecule has 0 aromatic heterocycles. The maximum Gasteiger partial charge on any atom is 0.306 e. The van der Waals surface area contributed by atoms with Crippen LogP contribution in [0.4, 0.5) is 0 Å². The van der Waals surface area contributed by atoms with Crippen molar-refractivity contribution in [3.63, 3.8) is 0 Å². The Morgan fingerprint density at radius 2 is 0.549 bits per heavy atom. The van der Waals surface area contributed by atoms with E-state index in [9.17, 15) is 14.4 Å². The van der Waals surface area contributed by atoms with Gasteiger partial charge in [-0.15, -0.1) is 0 Å². The molecule has 0 aromatic rings. The summed E-state index contributed by atoms with van der Waals surface area (Å²) in [5.74, 6) is -0.857. The van der Waals surface area contributed by atoms with E-state index in [4.69, 9.17) is 14.2 Å². The minimum Gasteiger partial charge on any atom is -0.462 e. The molecule has 1 atom stereocenters. The van der Waals surface area contributed by atoms with Crippen molar-refractivity contribution in [2.75, 3.05) is 13.2 Å². The molecule has 0 aliphatic rings. The highest BCUT2D eigenvalue weighted by molar-refractivity contribution is 5.71. The molecule has 0 spiro atoms. The monoisotopic (exact) mass is 997 g/mol. The van der Waals surface area contributed by atoms with Gasteiger partial charge in [0.25, 0.3) is 0 Å². The molecule has 0 bridgehead atoms. The Morgan fingerprint density at radius 3 is 0.859 bits per heavy atom. The van der Waals surface area contributed by atoms with Crippen LogP contribution in [0.25, 0.3) is 0 Å². The van der Waals surface area contributed by atoms with Crippen LogP contribution in [0.15, 0.2) is 36.5 Å². The van der Waals surface area contributed by atoms with Crippen LogP contribution < -0.4 is 0 Å². The van der Waals surface area contributed by atoms with Crippen molar-refractivity contribution in [2.45, 2.75) is 348 Å². The molecule has 1 unspecified atom stereocenters. The number of carbonyl (C=O) groups is 3. The molecule has 0 fully saturated rings. The highest BCUT2D eigenvalue weighted by Crippen LogP contribution is 2.18. The number of esters is 3. The number of hydrogen-bond donors (Lipinski definition) is 0. The van der Waals surface area contributed by atoms with E-state index in [-0.39, 0.29) is 31.1 Å². The smallest absolute Gasteiger partial charge is 0.306 e. The van der Waals surface area contributed by atoms with Crippen LogP contribution in [0.1, 0.15) is 342 Å². The second kappa shape index (κ2) is 60.2. The van der Waals surface area contributed by atoms with E-state index >= 15 is 0 Å². The molecule has 71 heavy (non-hydrogen) atoms. The van der Waals surface area contributed by atoms with Crippen LogP contribution in [0.3, 0.4) is 0 Å². The summed E-state index contributed by atoms with van der Waals surface area (Å²) in [5.41, 5.74) is 0. The van der Waals surface area contributed by atoms with Gasteiger partial charge < -0.3 is 14.2 Å². The third-order valence-corrected chi connectivity index (χ3v) is 14.2. The summed E-state index contributed by atoms with van der Waals surface area (Å²) in [6.07, 6.45) is 72.9. The lowest BCUT2D eigenvalue weighted by Crippen LogP contribution is -2.30. The number of hydrogen-bond acceptors (Lipinski definition) is 6. The van der Waals surface area contributed by atoms with E-state index in [0.717, 1.165) is 83.5 Å². The second-order valence-corrected chi connectivity index (χ2v) is 21.3. The Bertz CT molecular complexity index is 1190. The quantitative estimate of drug-likeness (QED) is 0.0261. The van der Waals surface area contributed by atoms with E-state index in [2.05, 4.69) is 57.2 Å². The first-order valence-corrected chi connectivity index (χ1v) is 31.5. The Morgan fingerprint density at radius 1 is 0.296 bits per heavy atom. The van der Waals surface area contributed by atoms with Gasteiger partial charge in [-0.3, -0.25) is 14.4 Å². The molecule has 0 heterocycles. The topological polar surface area (TPSA) is 78.9 Å². The van der Waals surface area contributed by atoms with Crippen LogP contribution in [-0.4, -0.2) is 37.2 Å². The number of ether oxygens (including phenoxy) is 3. The second-order valence-electron chi connectivity index (χ2n) is 21.3. The van der Waals surface area contributed by atoms with Gasteiger partial charge in [0.1, 0.15) is 13.2 Å². The highest BCUT2D eigenvalue weighted by Gasteiger charge is 2.19. The van der Waals surface area contributed by atoms with Gasteiger partial charge in [-0.1, -0.05) is 308 Å². The summed E-state index contributed by atoms with van der Waals surface area (Å²) in [5, 5.41) is 0. The van der Waals surface area contributed by atoms with Crippen molar-refractivity contribution in [1.29, 1.82) is 0 Å². The van der Waals surface area contributed by atoms with E-state index in [1.54, 1.807) is 0 Å². The molecule has 0 radical (unpaired) electrons. The van der Waals surface area contributed by atoms with E-state index in [1.165, 1.54) is 218 Å². The van der Waals surface area contributed by atoms with Gasteiger partial charge in [-0.05, 0) is 51.4 Å². The van der Waals surface area contributed by atoms with Crippen molar-refractivity contribution >= 4 is 17.9 Å². The first-order valence-electron chi connectivity index (χ1n) is 31.5. The fraction of sp³-hybridized carbons (Fsp3) is 0.862. The Balaban J connectivity index is 4.26. The molecule has 6 nitrogen and oxygen atoms in total. The van der Waals surface area contributed by atoms with Gasteiger partial charge in [0.15, 0.2) is 6.10 Å². The zero-order chi connectivity index (χ0) is 51.4. The Hall–Kier alpha value is -2.37. The first kappa shape index (κ1) is 68.6. The summed E-state index contributed by atoms with van der Waals surface area (Å²) in [6, 6.07) is 0. The Labute approximate surface area is 442 Å². The van der Waals surface area contributed by atoms with Crippen LogP contribution in [0, 0.1) is 0 Å². The summed E-state index contributed by atoms with van der Waals surface area (Å²) < 4.78 is 16.9. The summed E-state index contributed by atoms with van der Waals surface area (Å²) >= 11 is 0. The predicted octanol–water partition coefficient (Wildman–Crippen LogP) is 21.2. The lowest BCUT2D eigenvalue weighted by molar-refractivity contribution is -0.167. The largest absolute Gasteiger partial charge is 0.462 e. The molecule has 0 aliphatic heterocycles. The molecule has 0 aliphatic carbocycles. The minimum atomic E-state index is -0.774. The summed E-state index contributed by atoms with van der Waals surface area (Å²) in [4.78, 5) is 38.2. The van der Waals surface area contributed by atoms with Crippen LogP contribution >= 0.6 is 0 Å². The number of carbonyl (C=O) groups excluding carboxylic acids is 3. The predicted molar refractivity (Wildman–Crippen MR) is 307 cm³/mol. The molecular weight excluding hydrogens is 877 g/mol. The highest BCUT2D eigenvalue weighted by atomic mass is 16.6. The third kappa shape index (κ3) is 58.4. The third-order valence-electron chi connectivity index (χ3n) is 14.2. The van der Waals surface area contributed by atoms with Gasteiger partial charge in [0.05, 0.1) is 0 Å². The average molecular weight is 998 g/mol. The van der Waals surface area contributed by atoms with Crippen molar-refractivity contribution in [3.8, 4) is 0 Å². The zero-order valence-corrected chi connectivity index (χ0v) is 47.8.